The molecule has 3 nitrogen and oxygen atoms in total. The van der Waals surface area contributed by atoms with Gasteiger partial charge in [0.15, 0.2) is 0 Å². The molecular weight excluding hydrogens is 318 g/mol. The van der Waals surface area contributed by atoms with Crippen molar-refractivity contribution in [3.63, 3.8) is 0 Å². The van der Waals surface area contributed by atoms with Crippen molar-refractivity contribution in [3.8, 4) is 0 Å². The molecule has 2 N–H and O–H groups in total. The highest BCUT2D eigenvalue weighted by atomic mass is 79.9. The minimum absolute atomic E-state index is 0.140. The first kappa shape index (κ1) is 14.8. The van der Waals surface area contributed by atoms with Crippen molar-refractivity contribution in [1.82, 2.24) is 5.32 Å². The van der Waals surface area contributed by atoms with E-state index in [-0.39, 0.29) is 12.5 Å². The number of carbonyl (C=O) groups excluding carboxylic acids is 1. The molecule has 2 aromatic carbocycles. The summed E-state index contributed by atoms with van der Waals surface area (Å²) in [5.41, 5.74) is 2.46. The van der Waals surface area contributed by atoms with Gasteiger partial charge in [-0.05, 0) is 40.5 Å². The first-order chi connectivity index (χ1) is 9.61. The molecule has 0 aliphatic heterocycles. The molecule has 0 saturated heterocycles. The largest absolute Gasteiger partial charge is 0.394 e. The summed E-state index contributed by atoms with van der Waals surface area (Å²) >= 11 is 3.38. The van der Waals surface area contributed by atoms with Crippen LogP contribution in [0.4, 0.5) is 0 Å². The van der Waals surface area contributed by atoms with Crippen molar-refractivity contribution in [2.75, 3.05) is 6.61 Å². The molecule has 2 aromatic rings. The van der Waals surface area contributed by atoms with Gasteiger partial charge in [0.1, 0.15) is 0 Å². The van der Waals surface area contributed by atoms with Crippen molar-refractivity contribution in [2.24, 2.45) is 0 Å². The molecule has 0 bridgehead atoms. The molecule has 1 amide bonds. The average molecular weight is 334 g/mol. The summed E-state index contributed by atoms with van der Waals surface area (Å²) in [7, 11) is 0. The molecule has 0 aromatic heterocycles. The fraction of sp³-hybridized carbons (Fsp3) is 0.188. The van der Waals surface area contributed by atoms with E-state index in [1.807, 2.05) is 55.5 Å². The number of halogens is 1. The Kier molecular flexibility index (Phi) is 4.93. The second-order valence-corrected chi connectivity index (χ2v) is 5.46. The van der Waals surface area contributed by atoms with Gasteiger partial charge in [-0.25, -0.2) is 0 Å². The maximum Gasteiger partial charge on any atom is 0.252 e. The van der Waals surface area contributed by atoms with Gasteiger partial charge in [0.05, 0.1) is 18.2 Å². The molecule has 104 valence electrons. The second kappa shape index (κ2) is 6.68. The normalized spacial score (nSPS) is 11.9. The Morgan fingerprint density at radius 3 is 2.60 bits per heavy atom. The van der Waals surface area contributed by atoms with E-state index in [1.54, 1.807) is 0 Å². The molecule has 20 heavy (non-hydrogen) atoms. The van der Waals surface area contributed by atoms with Crippen molar-refractivity contribution in [3.05, 3.63) is 69.7 Å². The highest BCUT2D eigenvalue weighted by molar-refractivity contribution is 9.10. The Morgan fingerprint density at radius 1 is 1.25 bits per heavy atom. The lowest BCUT2D eigenvalue weighted by atomic mass is 10.1. The van der Waals surface area contributed by atoms with Gasteiger partial charge in [-0.15, -0.1) is 0 Å². The first-order valence-electron chi connectivity index (χ1n) is 6.34. The molecule has 1 atom stereocenters. The van der Waals surface area contributed by atoms with Gasteiger partial charge in [-0.2, -0.15) is 0 Å². The fourth-order valence-electron chi connectivity index (χ4n) is 1.97. The van der Waals surface area contributed by atoms with Crippen LogP contribution in [0, 0.1) is 6.92 Å². The number of aliphatic hydroxyl groups excluding tert-OH is 1. The van der Waals surface area contributed by atoms with Gasteiger partial charge in [0, 0.05) is 4.47 Å². The minimum atomic E-state index is -0.406. The number of rotatable bonds is 4. The molecule has 0 aliphatic carbocycles. The number of aryl methyl sites for hydroxylation is 1. The smallest absolute Gasteiger partial charge is 0.252 e. The summed E-state index contributed by atoms with van der Waals surface area (Å²) in [5.74, 6) is -0.205. The standard InChI is InChI=1S/C16H16BrNO2/c1-11-7-8-14(17)13(9-11)16(20)18-15(10-19)12-5-3-2-4-6-12/h2-9,15,19H,10H2,1H3,(H,18,20). The predicted molar refractivity (Wildman–Crippen MR) is 82.6 cm³/mol. The zero-order chi connectivity index (χ0) is 14.5. The van der Waals surface area contributed by atoms with Gasteiger partial charge in [-0.3, -0.25) is 4.79 Å². The van der Waals surface area contributed by atoms with Crippen LogP contribution in [0.1, 0.15) is 27.5 Å². The first-order valence-corrected chi connectivity index (χ1v) is 7.14. The van der Waals surface area contributed by atoms with Crippen molar-refractivity contribution in [2.45, 2.75) is 13.0 Å². The highest BCUT2D eigenvalue weighted by Gasteiger charge is 2.16. The molecule has 0 fully saturated rings. The van der Waals surface area contributed by atoms with Gasteiger partial charge in [0.25, 0.3) is 5.91 Å². The van der Waals surface area contributed by atoms with Gasteiger partial charge >= 0.3 is 0 Å². The third-order valence-corrected chi connectivity index (χ3v) is 3.75. The average Bonchev–Trinajstić information content (AvgIpc) is 2.48. The lowest BCUT2D eigenvalue weighted by molar-refractivity contribution is 0.0915. The summed E-state index contributed by atoms with van der Waals surface area (Å²) < 4.78 is 0.741. The summed E-state index contributed by atoms with van der Waals surface area (Å²) in [4.78, 5) is 12.3. The van der Waals surface area contributed by atoms with Gasteiger partial charge < -0.3 is 10.4 Å². The Balaban J connectivity index is 2.20. The highest BCUT2D eigenvalue weighted by Crippen LogP contribution is 2.20. The van der Waals surface area contributed by atoms with E-state index >= 15 is 0 Å². The van der Waals surface area contributed by atoms with E-state index < -0.39 is 6.04 Å². The zero-order valence-electron chi connectivity index (χ0n) is 11.1. The zero-order valence-corrected chi connectivity index (χ0v) is 12.7. The number of benzene rings is 2. The van der Waals surface area contributed by atoms with Crippen LogP contribution >= 0.6 is 15.9 Å². The number of amides is 1. The number of nitrogens with one attached hydrogen (secondary N) is 1. The summed E-state index contributed by atoms with van der Waals surface area (Å²) in [6, 6.07) is 14.6. The summed E-state index contributed by atoms with van der Waals surface area (Å²) in [6.45, 7) is 1.79. The third kappa shape index (κ3) is 3.46. The molecule has 0 saturated carbocycles. The molecule has 0 heterocycles. The van der Waals surface area contributed by atoms with E-state index in [4.69, 9.17) is 0 Å². The van der Waals surface area contributed by atoms with Crippen LogP contribution in [-0.4, -0.2) is 17.6 Å². The molecule has 0 spiro atoms. The third-order valence-electron chi connectivity index (χ3n) is 3.06. The van der Waals surface area contributed by atoms with Crippen LogP contribution in [0.25, 0.3) is 0 Å². The van der Waals surface area contributed by atoms with Gasteiger partial charge in [0.2, 0.25) is 0 Å². The van der Waals surface area contributed by atoms with E-state index in [2.05, 4.69) is 21.2 Å². The number of carbonyl (C=O) groups is 1. The molecular formula is C16H16BrNO2. The van der Waals surface area contributed by atoms with Crippen LogP contribution in [0.5, 0.6) is 0 Å². The fourth-order valence-corrected chi connectivity index (χ4v) is 2.40. The van der Waals surface area contributed by atoms with Crippen molar-refractivity contribution in [1.29, 1.82) is 0 Å². The number of aliphatic hydroxyl groups is 1. The van der Waals surface area contributed by atoms with Crippen LogP contribution < -0.4 is 5.32 Å². The van der Waals surface area contributed by atoms with Crippen molar-refractivity contribution < 1.29 is 9.90 Å². The number of hydrogen-bond acceptors (Lipinski definition) is 2. The van der Waals surface area contributed by atoms with Crippen LogP contribution in [0.3, 0.4) is 0 Å². The van der Waals surface area contributed by atoms with Crippen LogP contribution in [0.2, 0.25) is 0 Å². The molecule has 0 aliphatic rings. The van der Waals surface area contributed by atoms with E-state index in [9.17, 15) is 9.90 Å². The quantitative estimate of drug-likeness (QED) is 0.902. The minimum Gasteiger partial charge on any atom is -0.394 e. The van der Waals surface area contributed by atoms with Gasteiger partial charge in [-0.1, -0.05) is 42.0 Å². The molecule has 4 heteroatoms. The van der Waals surface area contributed by atoms with Crippen LogP contribution in [0.15, 0.2) is 53.0 Å². The lowest BCUT2D eigenvalue weighted by Crippen LogP contribution is -2.31. The second-order valence-electron chi connectivity index (χ2n) is 4.60. The van der Waals surface area contributed by atoms with Crippen molar-refractivity contribution >= 4 is 21.8 Å². The SMILES string of the molecule is Cc1ccc(Br)c(C(=O)NC(CO)c2ccccc2)c1. The maximum absolute atomic E-state index is 12.3. The Morgan fingerprint density at radius 2 is 1.95 bits per heavy atom. The summed E-state index contributed by atoms with van der Waals surface area (Å²) in [5, 5.41) is 12.3. The number of hydrogen-bond donors (Lipinski definition) is 2. The Bertz CT molecular complexity index is 599. The molecule has 2 rings (SSSR count). The van der Waals surface area contributed by atoms with E-state index in [1.165, 1.54) is 0 Å². The lowest BCUT2D eigenvalue weighted by Gasteiger charge is -2.17. The monoisotopic (exact) mass is 333 g/mol. The summed E-state index contributed by atoms with van der Waals surface area (Å²) in [6.07, 6.45) is 0. The Hall–Kier alpha value is -1.65. The topological polar surface area (TPSA) is 49.3 Å². The predicted octanol–water partition coefficient (Wildman–Crippen LogP) is 3.22. The molecule has 0 radical (unpaired) electrons. The molecule has 1 unspecified atom stereocenters. The van der Waals surface area contributed by atoms with E-state index in [0.717, 1.165) is 15.6 Å². The van der Waals surface area contributed by atoms with E-state index in [0.29, 0.717) is 5.56 Å². The Labute approximate surface area is 126 Å². The van der Waals surface area contributed by atoms with Crippen LogP contribution in [-0.2, 0) is 0 Å². The maximum atomic E-state index is 12.3.